The number of hydrogen-bond donors (Lipinski definition) is 1. The Hall–Kier alpha value is -1.29. The number of thiophene rings is 1. The minimum absolute atomic E-state index is 0.339. The average molecular weight is 395 g/mol. The first-order valence-electron chi connectivity index (χ1n) is 10.8. The lowest BCUT2D eigenvalue weighted by atomic mass is 10.1. The van der Waals surface area contributed by atoms with Crippen LogP contribution in [0.5, 0.6) is 5.06 Å². The minimum atomic E-state index is -0.882. The SMILES string of the molecule is CCCCCCCC/C=C/CCCCCCCCOc1ccc(C(=O)O)s1. The smallest absolute Gasteiger partial charge is 0.345 e. The lowest BCUT2D eigenvalue weighted by Crippen LogP contribution is -1.95. The van der Waals surface area contributed by atoms with Crippen LogP contribution in [-0.2, 0) is 0 Å². The molecule has 154 valence electrons. The molecule has 0 aliphatic heterocycles. The van der Waals surface area contributed by atoms with Gasteiger partial charge in [0.15, 0.2) is 5.06 Å². The molecule has 0 bridgehead atoms. The van der Waals surface area contributed by atoms with Crippen molar-refractivity contribution in [1.29, 1.82) is 0 Å². The number of rotatable bonds is 18. The maximum Gasteiger partial charge on any atom is 0.345 e. The van der Waals surface area contributed by atoms with E-state index in [2.05, 4.69) is 19.1 Å². The average Bonchev–Trinajstić information content (AvgIpc) is 3.13. The molecule has 27 heavy (non-hydrogen) atoms. The summed E-state index contributed by atoms with van der Waals surface area (Å²) < 4.78 is 5.60. The summed E-state index contributed by atoms with van der Waals surface area (Å²) in [6.07, 6.45) is 22.9. The zero-order valence-electron chi connectivity index (χ0n) is 17.1. The molecule has 1 aromatic rings. The standard InChI is InChI=1S/C23H38O3S/c1-2-3-4-5-6-7-8-9-10-11-12-13-14-15-16-17-20-26-22-19-18-21(27-22)23(24)25/h9-10,18-19H,2-8,11-17,20H2,1H3,(H,24,25)/b10-9+. The van der Waals surface area contributed by atoms with Gasteiger partial charge < -0.3 is 9.84 Å². The van der Waals surface area contributed by atoms with E-state index < -0.39 is 5.97 Å². The van der Waals surface area contributed by atoms with E-state index in [1.807, 2.05) is 0 Å². The summed E-state index contributed by atoms with van der Waals surface area (Å²) in [5.41, 5.74) is 0. The number of carbonyl (C=O) groups is 1. The molecule has 0 saturated carbocycles. The molecular weight excluding hydrogens is 356 g/mol. The Labute approximate surface area is 169 Å². The van der Waals surface area contributed by atoms with Crippen molar-refractivity contribution in [3.63, 3.8) is 0 Å². The highest BCUT2D eigenvalue weighted by atomic mass is 32.1. The van der Waals surface area contributed by atoms with Gasteiger partial charge in [0, 0.05) is 0 Å². The quantitative estimate of drug-likeness (QED) is 0.203. The molecule has 0 unspecified atom stereocenters. The van der Waals surface area contributed by atoms with Crippen molar-refractivity contribution in [3.8, 4) is 5.06 Å². The molecule has 3 nitrogen and oxygen atoms in total. The molecule has 0 spiro atoms. The van der Waals surface area contributed by atoms with Gasteiger partial charge in [-0.3, -0.25) is 0 Å². The van der Waals surface area contributed by atoms with Crippen molar-refractivity contribution in [2.24, 2.45) is 0 Å². The van der Waals surface area contributed by atoms with Gasteiger partial charge >= 0.3 is 5.97 Å². The molecule has 0 aliphatic rings. The van der Waals surface area contributed by atoms with Crippen LogP contribution in [-0.4, -0.2) is 17.7 Å². The summed E-state index contributed by atoms with van der Waals surface area (Å²) in [6, 6.07) is 3.35. The molecule has 0 amide bonds. The van der Waals surface area contributed by atoms with Gasteiger partial charge in [-0.05, 0) is 44.2 Å². The van der Waals surface area contributed by atoms with Gasteiger partial charge in [0.25, 0.3) is 0 Å². The van der Waals surface area contributed by atoms with Gasteiger partial charge in [-0.1, -0.05) is 88.2 Å². The van der Waals surface area contributed by atoms with E-state index in [1.54, 1.807) is 12.1 Å². The number of allylic oxidation sites excluding steroid dienone is 2. The van der Waals surface area contributed by atoms with Gasteiger partial charge in [-0.15, -0.1) is 0 Å². The Morgan fingerprint density at radius 3 is 2.00 bits per heavy atom. The van der Waals surface area contributed by atoms with E-state index in [4.69, 9.17) is 9.84 Å². The number of carboxylic acids is 1. The largest absolute Gasteiger partial charge is 0.484 e. The summed E-state index contributed by atoms with van der Waals surface area (Å²) in [6.45, 7) is 2.95. The van der Waals surface area contributed by atoms with E-state index in [-0.39, 0.29) is 0 Å². The second kappa shape index (κ2) is 16.9. The van der Waals surface area contributed by atoms with Crippen LogP contribution in [0.25, 0.3) is 0 Å². The number of carboxylic acid groups (broad SMARTS) is 1. The Morgan fingerprint density at radius 1 is 0.889 bits per heavy atom. The van der Waals surface area contributed by atoms with Crippen LogP contribution in [0.1, 0.15) is 106 Å². The van der Waals surface area contributed by atoms with Gasteiger partial charge in [0.1, 0.15) is 4.88 Å². The van der Waals surface area contributed by atoms with Crippen LogP contribution in [0.3, 0.4) is 0 Å². The van der Waals surface area contributed by atoms with Crippen LogP contribution in [0.15, 0.2) is 24.3 Å². The molecule has 0 radical (unpaired) electrons. The van der Waals surface area contributed by atoms with Crippen LogP contribution >= 0.6 is 11.3 Å². The van der Waals surface area contributed by atoms with Gasteiger partial charge in [0.05, 0.1) is 6.61 Å². The van der Waals surface area contributed by atoms with E-state index in [1.165, 1.54) is 94.8 Å². The monoisotopic (exact) mass is 394 g/mol. The molecule has 4 heteroatoms. The van der Waals surface area contributed by atoms with Crippen LogP contribution < -0.4 is 4.74 Å². The van der Waals surface area contributed by atoms with Crippen LogP contribution in [0, 0.1) is 0 Å². The van der Waals surface area contributed by atoms with Gasteiger partial charge in [-0.25, -0.2) is 4.79 Å². The predicted octanol–water partition coefficient (Wildman–Crippen LogP) is 7.86. The third-order valence-corrected chi connectivity index (χ3v) is 5.68. The van der Waals surface area contributed by atoms with E-state index in [0.29, 0.717) is 16.5 Å². The molecule has 1 aromatic heterocycles. The van der Waals surface area contributed by atoms with Crippen molar-refractivity contribution in [3.05, 3.63) is 29.2 Å². The van der Waals surface area contributed by atoms with Crippen LogP contribution in [0.2, 0.25) is 0 Å². The normalized spacial score (nSPS) is 11.3. The topological polar surface area (TPSA) is 46.5 Å². The highest BCUT2D eigenvalue weighted by molar-refractivity contribution is 7.15. The Balaban J connectivity index is 1.81. The third-order valence-electron chi connectivity index (χ3n) is 4.69. The highest BCUT2D eigenvalue weighted by Gasteiger charge is 2.07. The molecule has 1 heterocycles. The molecule has 0 atom stereocenters. The number of unbranched alkanes of at least 4 members (excludes halogenated alkanes) is 12. The maximum absolute atomic E-state index is 10.8. The second-order valence-corrected chi connectivity index (χ2v) is 8.26. The molecule has 1 rings (SSSR count). The molecule has 0 aliphatic carbocycles. The molecule has 0 saturated heterocycles. The molecule has 0 aromatic carbocycles. The lowest BCUT2D eigenvalue weighted by Gasteiger charge is -2.03. The fraction of sp³-hybridized carbons (Fsp3) is 0.696. The molecule has 0 fully saturated rings. The van der Waals surface area contributed by atoms with Crippen molar-refractivity contribution in [1.82, 2.24) is 0 Å². The zero-order chi connectivity index (χ0) is 19.6. The fourth-order valence-corrected chi connectivity index (χ4v) is 3.75. The van der Waals surface area contributed by atoms with Crippen molar-refractivity contribution in [2.45, 2.75) is 96.8 Å². The number of hydrogen-bond acceptors (Lipinski definition) is 3. The summed E-state index contributed by atoms with van der Waals surface area (Å²) in [4.78, 5) is 11.1. The first-order valence-corrected chi connectivity index (χ1v) is 11.7. The third kappa shape index (κ3) is 13.5. The van der Waals surface area contributed by atoms with Crippen molar-refractivity contribution < 1.29 is 14.6 Å². The Kier molecular flexibility index (Phi) is 14.8. The highest BCUT2D eigenvalue weighted by Crippen LogP contribution is 2.24. The second-order valence-electron chi connectivity index (χ2n) is 7.21. The zero-order valence-corrected chi connectivity index (χ0v) is 17.9. The summed E-state index contributed by atoms with van der Waals surface area (Å²) in [7, 11) is 0. The number of ether oxygens (including phenoxy) is 1. The van der Waals surface area contributed by atoms with E-state index in [9.17, 15) is 4.79 Å². The number of aromatic carboxylic acids is 1. The van der Waals surface area contributed by atoms with Gasteiger partial charge in [-0.2, -0.15) is 0 Å². The lowest BCUT2D eigenvalue weighted by molar-refractivity contribution is 0.0702. The van der Waals surface area contributed by atoms with Crippen LogP contribution in [0.4, 0.5) is 0 Å². The summed E-state index contributed by atoms with van der Waals surface area (Å²) in [5, 5.41) is 9.58. The Morgan fingerprint density at radius 2 is 1.44 bits per heavy atom. The first-order chi connectivity index (χ1) is 13.2. The predicted molar refractivity (Wildman–Crippen MR) is 116 cm³/mol. The minimum Gasteiger partial charge on any atom is -0.484 e. The van der Waals surface area contributed by atoms with Gasteiger partial charge in [0.2, 0.25) is 0 Å². The maximum atomic E-state index is 10.8. The first kappa shape index (κ1) is 23.7. The fourth-order valence-electron chi connectivity index (χ4n) is 3.04. The van der Waals surface area contributed by atoms with E-state index >= 15 is 0 Å². The van der Waals surface area contributed by atoms with Crippen molar-refractivity contribution >= 4 is 17.3 Å². The molecular formula is C23H38O3S. The summed E-state index contributed by atoms with van der Waals surface area (Å²) >= 11 is 1.20. The molecule has 1 N–H and O–H groups in total. The Bertz CT molecular complexity index is 507. The van der Waals surface area contributed by atoms with Crippen molar-refractivity contribution in [2.75, 3.05) is 6.61 Å². The van der Waals surface area contributed by atoms with E-state index in [0.717, 1.165) is 6.42 Å². The summed E-state index contributed by atoms with van der Waals surface area (Å²) in [5.74, 6) is -0.882.